The Bertz CT molecular complexity index is 347. The number of hydrogen-bond acceptors (Lipinski definition) is 0. The fourth-order valence-electron chi connectivity index (χ4n) is 2.31. The van der Waals surface area contributed by atoms with Crippen molar-refractivity contribution in [2.75, 3.05) is 0 Å². The van der Waals surface area contributed by atoms with Crippen molar-refractivity contribution < 1.29 is 0 Å². The highest BCUT2D eigenvalue weighted by Gasteiger charge is 2.05. The summed E-state index contributed by atoms with van der Waals surface area (Å²) >= 11 is 0. The Hall–Kier alpha value is -0.780. The first kappa shape index (κ1) is 15.3. The maximum Gasteiger partial charge on any atom is -0.0274 e. The fourth-order valence-corrected chi connectivity index (χ4v) is 2.31. The van der Waals surface area contributed by atoms with Gasteiger partial charge in [-0.15, -0.1) is 0 Å². The molecule has 1 aromatic carbocycles. The topological polar surface area (TPSA) is 0 Å². The molecule has 0 unspecified atom stereocenters. The van der Waals surface area contributed by atoms with Crippen LogP contribution in [0.25, 0.3) is 0 Å². The molecule has 0 aliphatic heterocycles. The summed E-state index contributed by atoms with van der Waals surface area (Å²) < 4.78 is 0. The van der Waals surface area contributed by atoms with Crippen molar-refractivity contribution in [3.8, 4) is 0 Å². The smallest absolute Gasteiger partial charge is 0.0274 e. The van der Waals surface area contributed by atoms with Gasteiger partial charge in [0.1, 0.15) is 0 Å². The Balaban J connectivity index is 2.74. The lowest BCUT2D eigenvalue weighted by atomic mass is 9.93. The SMILES string of the molecule is CCc1ccc(CCC(C)C)cc1CCC(C)C. The molecule has 0 spiro atoms. The molecule has 0 saturated carbocycles. The first-order valence-corrected chi connectivity index (χ1v) is 7.63. The largest absolute Gasteiger partial charge is 0.0628 e. The van der Waals surface area contributed by atoms with E-state index in [4.69, 9.17) is 0 Å². The lowest BCUT2D eigenvalue weighted by Gasteiger charge is -2.13. The van der Waals surface area contributed by atoms with Crippen LogP contribution in [0.2, 0.25) is 0 Å². The molecule has 0 aliphatic carbocycles. The summed E-state index contributed by atoms with van der Waals surface area (Å²) in [5, 5.41) is 0. The van der Waals surface area contributed by atoms with Crippen LogP contribution in [0, 0.1) is 11.8 Å². The molecule has 0 saturated heterocycles. The molecule has 0 bridgehead atoms. The van der Waals surface area contributed by atoms with E-state index in [0.717, 1.165) is 18.3 Å². The quantitative estimate of drug-likeness (QED) is 0.602. The summed E-state index contributed by atoms with van der Waals surface area (Å²) in [6.07, 6.45) is 6.25. The van der Waals surface area contributed by atoms with Crippen LogP contribution in [-0.2, 0) is 19.3 Å². The van der Waals surface area contributed by atoms with Crippen molar-refractivity contribution >= 4 is 0 Å². The molecule has 0 N–H and O–H groups in total. The highest BCUT2D eigenvalue weighted by molar-refractivity contribution is 5.32. The lowest BCUT2D eigenvalue weighted by Crippen LogP contribution is -1.99. The zero-order valence-corrected chi connectivity index (χ0v) is 12.9. The molecule has 0 amide bonds. The number of rotatable bonds is 7. The Morgan fingerprint density at radius 3 is 2.00 bits per heavy atom. The molecular weight excluding hydrogens is 216 g/mol. The molecule has 0 aliphatic rings. The second kappa shape index (κ2) is 7.61. The van der Waals surface area contributed by atoms with Gasteiger partial charge in [-0.3, -0.25) is 0 Å². The summed E-state index contributed by atoms with van der Waals surface area (Å²) in [5.41, 5.74) is 4.66. The maximum atomic E-state index is 2.46. The number of aryl methyl sites for hydroxylation is 3. The van der Waals surface area contributed by atoms with Gasteiger partial charge in [0.05, 0.1) is 0 Å². The molecule has 0 heteroatoms. The average molecular weight is 246 g/mol. The summed E-state index contributed by atoms with van der Waals surface area (Å²) in [6.45, 7) is 11.5. The minimum absolute atomic E-state index is 0.800. The van der Waals surface area contributed by atoms with E-state index < -0.39 is 0 Å². The van der Waals surface area contributed by atoms with E-state index in [1.807, 2.05) is 0 Å². The lowest BCUT2D eigenvalue weighted by molar-refractivity contribution is 0.580. The van der Waals surface area contributed by atoms with Crippen molar-refractivity contribution in [1.29, 1.82) is 0 Å². The van der Waals surface area contributed by atoms with Crippen molar-refractivity contribution in [3.63, 3.8) is 0 Å². The Labute approximate surface area is 114 Å². The predicted octanol–water partition coefficient (Wildman–Crippen LogP) is 5.43. The highest BCUT2D eigenvalue weighted by atomic mass is 14.1. The van der Waals surface area contributed by atoms with Crippen molar-refractivity contribution in [2.45, 2.75) is 66.7 Å². The van der Waals surface area contributed by atoms with Gasteiger partial charge >= 0.3 is 0 Å². The molecule has 0 aromatic heterocycles. The van der Waals surface area contributed by atoms with E-state index in [9.17, 15) is 0 Å². The van der Waals surface area contributed by atoms with E-state index >= 15 is 0 Å². The minimum Gasteiger partial charge on any atom is -0.0628 e. The van der Waals surface area contributed by atoms with Crippen molar-refractivity contribution in [1.82, 2.24) is 0 Å². The monoisotopic (exact) mass is 246 g/mol. The molecule has 102 valence electrons. The molecule has 0 nitrogen and oxygen atoms in total. The van der Waals surface area contributed by atoms with E-state index in [1.165, 1.54) is 31.2 Å². The molecule has 1 rings (SSSR count). The Morgan fingerprint density at radius 1 is 0.833 bits per heavy atom. The number of hydrogen-bond donors (Lipinski definition) is 0. The van der Waals surface area contributed by atoms with Crippen LogP contribution in [-0.4, -0.2) is 0 Å². The Kier molecular flexibility index (Phi) is 6.46. The maximum absolute atomic E-state index is 2.46. The normalized spacial score (nSPS) is 11.5. The molecule has 0 heterocycles. The van der Waals surface area contributed by atoms with Crippen LogP contribution in [0.5, 0.6) is 0 Å². The van der Waals surface area contributed by atoms with Gasteiger partial charge in [-0.2, -0.15) is 0 Å². The Morgan fingerprint density at radius 2 is 1.44 bits per heavy atom. The van der Waals surface area contributed by atoms with Gasteiger partial charge in [-0.25, -0.2) is 0 Å². The van der Waals surface area contributed by atoms with Gasteiger partial charge in [0.15, 0.2) is 0 Å². The van der Waals surface area contributed by atoms with E-state index in [2.05, 4.69) is 52.8 Å². The first-order valence-electron chi connectivity index (χ1n) is 7.63. The fraction of sp³-hybridized carbons (Fsp3) is 0.667. The molecule has 0 atom stereocenters. The van der Waals surface area contributed by atoms with Crippen molar-refractivity contribution in [2.24, 2.45) is 11.8 Å². The van der Waals surface area contributed by atoms with Crippen molar-refractivity contribution in [3.05, 3.63) is 34.9 Å². The van der Waals surface area contributed by atoms with E-state index in [0.29, 0.717) is 0 Å². The van der Waals surface area contributed by atoms with Crippen LogP contribution < -0.4 is 0 Å². The van der Waals surface area contributed by atoms with Crippen LogP contribution >= 0.6 is 0 Å². The zero-order chi connectivity index (χ0) is 13.5. The van der Waals surface area contributed by atoms with Crippen LogP contribution in [0.15, 0.2) is 18.2 Å². The third-order valence-electron chi connectivity index (χ3n) is 3.65. The van der Waals surface area contributed by atoms with Gasteiger partial charge < -0.3 is 0 Å². The minimum atomic E-state index is 0.800. The van der Waals surface area contributed by atoms with Gasteiger partial charge in [-0.1, -0.05) is 52.8 Å². The zero-order valence-electron chi connectivity index (χ0n) is 12.9. The van der Waals surface area contributed by atoms with Gasteiger partial charge in [0.25, 0.3) is 0 Å². The van der Waals surface area contributed by atoms with E-state index in [-0.39, 0.29) is 0 Å². The van der Waals surface area contributed by atoms with Crippen LogP contribution in [0.3, 0.4) is 0 Å². The van der Waals surface area contributed by atoms with Gasteiger partial charge in [-0.05, 0) is 60.6 Å². The van der Waals surface area contributed by atoms with Crippen LogP contribution in [0.4, 0.5) is 0 Å². The second-order valence-electron chi connectivity index (χ2n) is 6.32. The standard InChI is InChI=1S/C18H30/c1-6-17-12-10-16(9-7-14(2)3)13-18(17)11-8-15(4)5/h10,12-15H,6-9,11H2,1-5H3. The summed E-state index contributed by atoms with van der Waals surface area (Å²) in [5.74, 6) is 1.60. The highest BCUT2D eigenvalue weighted by Crippen LogP contribution is 2.19. The summed E-state index contributed by atoms with van der Waals surface area (Å²) in [6, 6.07) is 7.15. The first-order chi connectivity index (χ1) is 8.52. The number of benzene rings is 1. The third-order valence-corrected chi connectivity index (χ3v) is 3.65. The van der Waals surface area contributed by atoms with Gasteiger partial charge in [0, 0.05) is 0 Å². The average Bonchev–Trinajstić information content (AvgIpc) is 2.33. The third kappa shape index (κ3) is 5.25. The molecule has 1 aromatic rings. The molecule has 0 radical (unpaired) electrons. The summed E-state index contributed by atoms with van der Waals surface area (Å²) in [7, 11) is 0. The second-order valence-corrected chi connectivity index (χ2v) is 6.32. The van der Waals surface area contributed by atoms with Gasteiger partial charge in [0.2, 0.25) is 0 Å². The predicted molar refractivity (Wildman–Crippen MR) is 82.1 cm³/mol. The molecule has 0 fully saturated rings. The molecular formula is C18H30. The molecule has 18 heavy (non-hydrogen) atoms. The van der Waals surface area contributed by atoms with E-state index in [1.54, 1.807) is 11.1 Å². The summed E-state index contributed by atoms with van der Waals surface area (Å²) in [4.78, 5) is 0. The van der Waals surface area contributed by atoms with Crippen LogP contribution in [0.1, 0.15) is 64.2 Å².